The van der Waals surface area contributed by atoms with Crippen molar-refractivity contribution in [2.24, 2.45) is 11.8 Å². The average molecular weight is 250 g/mol. The van der Waals surface area contributed by atoms with E-state index in [-0.39, 0.29) is 5.78 Å². The Morgan fingerprint density at radius 2 is 1.94 bits per heavy atom. The first kappa shape index (κ1) is 11.2. The summed E-state index contributed by atoms with van der Waals surface area (Å²) in [7, 11) is 0. The number of hydrogen-bond donors (Lipinski definition) is 0. The molecule has 1 aliphatic heterocycles. The summed E-state index contributed by atoms with van der Waals surface area (Å²) in [6.07, 6.45) is 2.72. The van der Waals surface area contributed by atoms with Gasteiger partial charge in [0.2, 0.25) is 0 Å². The summed E-state index contributed by atoms with van der Waals surface area (Å²) in [5, 5.41) is 1.07. The van der Waals surface area contributed by atoms with Crippen molar-refractivity contribution in [1.29, 1.82) is 0 Å². The lowest BCUT2D eigenvalue weighted by Crippen LogP contribution is -2.19. The first-order valence-corrected chi connectivity index (χ1v) is 7.24. The summed E-state index contributed by atoms with van der Waals surface area (Å²) >= 11 is 1.73. The number of aryl methyl sites for hydroxylation is 1. The van der Waals surface area contributed by atoms with Gasteiger partial charge in [0.15, 0.2) is 10.9 Å². The monoisotopic (exact) mass is 250 g/mol. The smallest absolute Gasteiger partial charge is 0.186 e. The molecule has 92 valence electrons. The molecule has 2 heterocycles. The van der Waals surface area contributed by atoms with Crippen molar-refractivity contribution in [3.8, 4) is 0 Å². The van der Waals surface area contributed by atoms with Crippen LogP contribution in [0.15, 0.2) is 0 Å². The molecule has 1 saturated heterocycles. The van der Waals surface area contributed by atoms with Gasteiger partial charge in [-0.3, -0.25) is 4.79 Å². The molecule has 1 aromatic rings. The van der Waals surface area contributed by atoms with E-state index in [1.54, 1.807) is 11.3 Å². The first-order valence-electron chi connectivity index (χ1n) is 6.43. The molecule has 0 amide bonds. The Morgan fingerprint density at radius 3 is 2.59 bits per heavy atom. The number of carbonyl (C=O) groups excluding carboxylic acids is 1. The van der Waals surface area contributed by atoms with E-state index in [2.05, 4.69) is 23.7 Å². The zero-order chi connectivity index (χ0) is 12.0. The number of hydrogen-bond acceptors (Lipinski definition) is 4. The zero-order valence-electron chi connectivity index (χ0n) is 10.4. The maximum absolute atomic E-state index is 11.8. The summed E-state index contributed by atoms with van der Waals surface area (Å²) in [5.74, 6) is 1.70. The number of thiazole rings is 1. The minimum atomic E-state index is 0.244. The highest BCUT2D eigenvalue weighted by Gasteiger charge is 2.30. The molecule has 4 heteroatoms. The van der Waals surface area contributed by atoms with E-state index in [1.165, 1.54) is 4.88 Å². The van der Waals surface area contributed by atoms with Crippen LogP contribution in [0.1, 0.15) is 42.1 Å². The molecule has 2 atom stereocenters. The van der Waals surface area contributed by atoms with Crippen molar-refractivity contribution in [1.82, 2.24) is 4.98 Å². The van der Waals surface area contributed by atoms with Crippen molar-refractivity contribution in [2.45, 2.75) is 33.1 Å². The minimum absolute atomic E-state index is 0.244. The normalized spacial score (nSPS) is 28.6. The number of fused-ring (bicyclic) bond motifs is 1. The fourth-order valence-corrected chi connectivity index (χ4v) is 3.81. The van der Waals surface area contributed by atoms with Crippen LogP contribution in [0.4, 0.5) is 5.13 Å². The van der Waals surface area contributed by atoms with Gasteiger partial charge >= 0.3 is 0 Å². The summed E-state index contributed by atoms with van der Waals surface area (Å²) < 4.78 is 0. The second-order valence-corrected chi connectivity index (χ2v) is 6.47. The Labute approximate surface area is 106 Å². The molecule has 0 aromatic carbocycles. The largest absolute Gasteiger partial charge is 0.348 e. The lowest BCUT2D eigenvalue weighted by molar-refractivity contribution is 0.0968. The molecule has 0 saturated carbocycles. The van der Waals surface area contributed by atoms with Crippen LogP contribution in [0.3, 0.4) is 0 Å². The topological polar surface area (TPSA) is 33.2 Å². The van der Waals surface area contributed by atoms with Gasteiger partial charge in [-0.1, -0.05) is 13.8 Å². The molecule has 1 aliphatic carbocycles. The molecule has 17 heavy (non-hydrogen) atoms. The second kappa shape index (κ2) is 4.09. The fourth-order valence-electron chi connectivity index (χ4n) is 2.68. The predicted octanol–water partition coefficient (Wildman–Crippen LogP) is 2.75. The van der Waals surface area contributed by atoms with Gasteiger partial charge in [0.25, 0.3) is 0 Å². The second-order valence-electron chi connectivity index (χ2n) is 5.40. The Balaban J connectivity index is 1.88. The molecule has 1 fully saturated rings. The van der Waals surface area contributed by atoms with E-state index in [1.807, 2.05) is 0 Å². The van der Waals surface area contributed by atoms with Crippen molar-refractivity contribution in [2.75, 3.05) is 18.0 Å². The third kappa shape index (κ3) is 1.88. The first-order chi connectivity index (χ1) is 8.15. The molecule has 0 spiro atoms. The molecular formula is C13H18N2OS. The maximum atomic E-state index is 11.8. The van der Waals surface area contributed by atoms with Crippen molar-refractivity contribution < 1.29 is 4.79 Å². The Kier molecular flexibility index (Phi) is 2.69. The van der Waals surface area contributed by atoms with Crippen molar-refractivity contribution in [3.05, 3.63) is 10.6 Å². The third-order valence-corrected chi connectivity index (χ3v) is 5.19. The molecule has 3 rings (SSSR count). The van der Waals surface area contributed by atoms with Gasteiger partial charge in [0, 0.05) is 24.4 Å². The Morgan fingerprint density at radius 1 is 1.24 bits per heavy atom. The molecule has 2 aliphatic rings. The molecule has 3 nitrogen and oxygen atoms in total. The molecule has 1 aromatic heterocycles. The van der Waals surface area contributed by atoms with Gasteiger partial charge in [0.1, 0.15) is 5.69 Å². The van der Waals surface area contributed by atoms with Gasteiger partial charge in [-0.2, -0.15) is 0 Å². The summed E-state index contributed by atoms with van der Waals surface area (Å²) in [5.41, 5.74) is 0.767. The summed E-state index contributed by atoms with van der Waals surface area (Å²) in [6, 6.07) is 0. The number of ketones is 1. The highest BCUT2D eigenvalue weighted by Crippen LogP contribution is 2.35. The molecule has 0 bridgehead atoms. The van der Waals surface area contributed by atoms with Gasteiger partial charge in [-0.25, -0.2) is 4.98 Å². The van der Waals surface area contributed by atoms with Crippen LogP contribution in [-0.4, -0.2) is 23.9 Å². The van der Waals surface area contributed by atoms with E-state index < -0.39 is 0 Å². The molecule has 2 unspecified atom stereocenters. The van der Waals surface area contributed by atoms with Gasteiger partial charge in [-0.05, 0) is 24.7 Å². The van der Waals surface area contributed by atoms with E-state index in [4.69, 9.17) is 0 Å². The predicted molar refractivity (Wildman–Crippen MR) is 69.9 cm³/mol. The summed E-state index contributed by atoms with van der Waals surface area (Å²) in [6.45, 7) is 6.76. The Bertz CT molecular complexity index is 444. The van der Waals surface area contributed by atoms with Crippen molar-refractivity contribution >= 4 is 22.3 Å². The van der Waals surface area contributed by atoms with Crippen molar-refractivity contribution in [3.63, 3.8) is 0 Å². The quantitative estimate of drug-likeness (QED) is 0.768. The van der Waals surface area contributed by atoms with Crippen LogP contribution in [0.2, 0.25) is 0 Å². The average Bonchev–Trinajstić information content (AvgIpc) is 2.85. The molecule has 0 N–H and O–H groups in total. The number of rotatable bonds is 1. The van der Waals surface area contributed by atoms with Crippen LogP contribution < -0.4 is 4.90 Å². The van der Waals surface area contributed by atoms with Crippen LogP contribution in [-0.2, 0) is 6.42 Å². The number of carbonyl (C=O) groups is 1. The summed E-state index contributed by atoms with van der Waals surface area (Å²) in [4.78, 5) is 19.9. The highest BCUT2D eigenvalue weighted by atomic mass is 32.1. The van der Waals surface area contributed by atoms with Crippen LogP contribution >= 0.6 is 11.3 Å². The lowest BCUT2D eigenvalue weighted by atomic mass is 10.0. The van der Waals surface area contributed by atoms with E-state index in [9.17, 15) is 4.79 Å². The highest BCUT2D eigenvalue weighted by molar-refractivity contribution is 7.16. The third-order valence-electron chi connectivity index (χ3n) is 4.02. The maximum Gasteiger partial charge on any atom is 0.186 e. The fraction of sp³-hybridized carbons (Fsp3) is 0.692. The zero-order valence-corrected chi connectivity index (χ0v) is 11.2. The van der Waals surface area contributed by atoms with E-state index in [0.29, 0.717) is 6.42 Å². The van der Waals surface area contributed by atoms with Gasteiger partial charge in [0.05, 0.1) is 0 Å². The van der Waals surface area contributed by atoms with Crippen LogP contribution in [0.25, 0.3) is 0 Å². The number of nitrogens with zero attached hydrogens (tertiary/aromatic N) is 2. The van der Waals surface area contributed by atoms with Gasteiger partial charge in [-0.15, -0.1) is 11.3 Å². The van der Waals surface area contributed by atoms with Gasteiger partial charge < -0.3 is 4.90 Å². The number of anilines is 1. The van der Waals surface area contributed by atoms with Crippen LogP contribution in [0, 0.1) is 11.8 Å². The SMILES string of the molecule is CC1CN(c2nc3c(s2)CCCC3=O)CC1C. The number of aromatic nitrogens is 1. The standard InChI is InChI=1S/C13H18N2OS/c1-8-6-15(7-9(8)2)13-14-12-10(16)4-3-5-11(12)17-13/h8-9H,3-7H2,1-2H3. The Hall–Kier alpha value is -0.900. The lowest BCUT2D eigenvalue weighted by Gasteiger charge is -2.13. The minimum Gasteiger partial charge on any atom is -0.348 e. The molecule has 0 radical (unpaired) electrons. The van der Waals surface area contributed by atoms with Crippen LogP contribution in [0.5, 0.6) is 0 Å². The molecular weight excluding hydrogens is 232 g/mol. The van der Waals surface area contributed by atoms with E-state index >= 15 is 0 Å². The van der Waals surface area contributed by atoms with E-state index in [0.717, 1.165) is 48.6 Å². The number of Topliss-reactive ketones (excluding diaryl/α,β-unsaturated/α-hetero) is 1.